The van der Waals surface area contributed by atoms with Crippen LogP contribution in [-0.2, 0) is 9.53 Å². The molecule has 1 fully saturated rings. The van der Waals surface area contributed by atoms with Crippen LogP contribution in [0.1, 0.15) is 19.3 Å². The zero-order valence-electron chi connectivity index (χ0n) is 6.38. The highest BCUT2D eigenvalue weighted by atomic mass is 16.5. The van der Waals surface area contributed by atoms with Crippen molar-refractivity contribution in [1.82, 2.24) is 5.48 Å². The molecule has 0 amide bonds. The molecule has 2 N–H and O–H groups in total. The van der Waals surface area contributed by atoms with Crippen LogP contribution in [0, 0.1) is 0 Å². The summed E-state index contributed by atoms with van der Waals surface area (Å²) in [6.45, 7) is 0.659. The fraction of sp³-hybridized carbons (Fsp3) is 0.857. The van der Waals surface area contributed by atoms with E-state index < -0.39 is 0 Å². The van der Waals surface area contributed by atoms with Crippen molar-refractivity contribution in [3.05, 3.63) is 0 Å². The molecule has 1 aliphatic heterocycles. The second kappa shape index (κ2) is 4.43. The van der Waals surface area contributed by atoms with Gasteiger partial charge in [0.15, 0.2) is 5.78 Å². The van der Waals surface area contributed by atoms with Crippen molar-refractivity contribution in [1.29, 1.82) is 0 Å². The van der Waals surface area contributed by atoms with Gasteiger partial charge in [0.1, 0.15) is 6.10 Å². The van der Waals surface area contributed by atoms with Gasteiger partial charge in [0, 0.05) is 6.61 Å². The molecule has 1 unspecified atom stereocenters. The molecule has 0 aliphatic carbocycles. The number of hydroxylamine groups is 1. The Morgan fingerprint density at radius 1 is 1.64 bits per heavy atom. The van der Waals surface area contributed by atoms with Gasteiger partial charge in [0.25, 0.3) is 0 Å². The molecule has 1 aliphatic rings. The molecule has 0 radical (unpaired) electrons. The number of carbonyl (C=O) groups is 1. The Bertz CT molecular complexity index is 132. The largest absolute Gasteiger partial charge is 0.370 e. The van der Waals surface area contributed by atoms with E-state index in [2.05, 4.69) is 0 Å². The molecule has 0 spiro atoms. The Morgan fingerprint density at radius 2 is 2.45 bits per heavy atom. The van der Waals surface area contributed by atoms with Crippen LogP contribution in [0.4, 0.5) is 0 Å². The summed E-state index contributed by atoms with van der Waals surface area (Å²) in [4.78, 5) is 11.1. The zero-order chi connectivity index (χ0) is 8.10. The number of ether oxygens (including phenoxy) is 1. The predicted molar refractivity (Wildman–Crippen MR) is 38.4 cm³/mol. The topological polar surface area (TPSA) is 58.6 Å². The summed E-state index contributed by atoms with van der Waals surface area (Å²) in [5.41, 5.74) is 1.84. The van der Waals surface area contributed by atoms with Crippen LogP contribution in [-0.4, -0.2) is 30.2 Å². The third-order valence-corrected chi connectivity index (χ3v) is 1.79. The van der Waals surface area contributed by atoms with Gasteiger partial charge in [0.05, 0.1) is 6.54 Å². The minimum absolute atomic E-state index is 0.00926. The van der Waals surface area contributed by atoms with Crippen LogP contribution in [0.2, 0.25) is 0 Å². The highest BCUT2D eigenvalue weighted by Crippen LogP contribution is 2.12. The fourth-order valence-electron chi connectivity index (χ4n) is 1.19. The van der Waals surface area contributed by atoms with E-state index in [0.29, 0.717) is 6.61 Å². The fourth-order valence-corrected chi connectivity index (χ4v) is 1.19. The summed E-state index contributed by atoms with van der Waals surface area (Å²) in [5.74, 6) is -0.0628. The molecule has 0 aromatic rings. The molecule has 1 heterocycles. The summed E-state index contributed by atoms with van der Waals surface area (Å²) in [6, 6.07) is 0. The van der Waals surface area contributed by atoms with E-state index in [9.17, 15) is 4.79 Å². The van der Waals surface area contributed by atoms with Gasteiger partial charge in [-0.25, -0.2) is 0 Å². The highest BCUT2D eigenvalue weighted by molar-refractivity contribution is 5.84. The van der Waals surface area contributed by atoms with Gasteiger partial charge < -0.3 is 9.94 Å². The van der Waals surface area contributed by atoms with Crippen molar-refractivity contribution in [3.8, 4) is 0 Å². The molecule has 0 aromatic heterocycles. The lowest BCUT2D eigenvalue weighted by Crippen LogP contribution is -2.34. The number of nitrogens with one attached hydrogen (secondary N) is 1. The quantitative estimate of drug-likeness (QED) is 0.573. The van der Waals surface area contributed by atoms with E-state index in [0.717, 1.165) is 19.3 Å². The van der Waals surface area contributed by atoms with Crippen molar-refractivity contribution >= 4 is 5.78 Å². The van der Waals surface area contributed by atoms with Crippen LogP contribution in [0.25, 0.3) is 0 Å². The predicted octanol–water partition coefficient (Wildman–Crippen LogP) is 0.103. The van der Waals surface area contributed by atoms with Crippen LogP contribution in [0.15, 0.2) is 0 Å². The Morgan fingerprint density at radius 3 is 3.00 bits per heavy atom. The number of rotatable bonds is 3. The van der Waals surface area contributed by atoms with E-state index in [1.165, 1.54) is 0 Å². The van der Waals surface area contributed by atoms with E-state index in [1.54, 1.807) is 0 Å². The lowest BCUT2D eigenvalue weighted by Gasteiger charge is -2.20. The molecule has 1 atom stereocenters. The second-order valence-corrected chi connectivity index (χ2v) is 2.66. The van der Waals surface area contributed by atoms with E-state index in [4.69, 9.17) is 9.94 Å². The third kappa shape index (κ3) is 2.57. The zero-order valence-corrected chi connectivity index (χ0v) is 6.38. The SMILES string of the molecule is O=C(CNO)C1CCCCO1. The molecule has 4 heteroatoms. The minimum Gasteiger partial charge on any atom is -0.370 e. The van der Waals surface area contributed by atoms with E-state index in [1.807, 2.05) is 5.48 Å². The second-order valence-electron chi connectivity index (χ2n) is 2.66. The smallest absolute Gasteiger partial charge is 0.177 e. The molecule has 64 valence electrons. The van der Waals surface area contributed by atoms with Crippen molar-refractivity contribution in [3.63, 3.8) is 0 Å². The standard InChI is InChI=1S/C7H13NO3/c9-6(5-8-10)7-3-1-2-4-11-7/h7-8,10H,1-5H2. The summed E-state index contributed by atoms with van der Waals surface area (Å²) in [5, 5.41) is 8.24. The molecule has 4 nitrogen and oxygen atoms in total. The van der Waals surface area contributed by atoms with Gasteiger partial charge in [-0.2, -0.15) is 5.48 Å². The van der Waals surface area contributed by atoms with Gasteiger partial charge in [-0.05, 0) is 19.3 Å². The first-order chi connectivity index (χ1) is 5.34. The summed E-state index contributed by atoms with van der Waals surface area (Å²) in [7, 11) is 0. The van der Waals surface area contributed by atoms with Crippen molar-refractivity contribution in [2.45, 2.75) is 25.4 Å². The third-order valence-electron chi connectivity index (χ3n) is 1.79. The van der Waals surface area contributed by atoms with Crippen molar-refractivity contribution < 1.29 is 14.7 Å². The molecular weight excluding hydrogens is 146 g/mol. The molecule has 0 bridgehead atoms. The number of carbonyl (C=O) groups excluding carboxylic acids is 1. The molecule has 11 heavy (non-hydrogen) atoms. The maximum Gasteiger partial charge on any atom is 0.177 e. The molecule has 1 saturated heterocycles. The first-order valence-electron chi connectivity index (χ1n) is 3.86. The lowest BCUT2D eigenvalue weighted by atomic mass is 10.1. The average Bonchev–Trinajstić information content (AvgIpc) is 2.07. The van der Waals surface area contributed by atoms with Crippen LogP contribution in [0.3, 0.4) is 0 Å². The first-order valence-corrected chi connectivity index (χ1v) is 3.86. The maximum atomic E-state index is 11.1. The van der Waals surface area contributed by atoms with Gasteiger partial charge in [0.2, 0.25) is 0 Å². The van der Waals surface area contributed by atoms with Gasteiger partial charge in [-0.1, -0.05) is 0 Å². The number of hydrogen-bond donors (Lipinski definition) is 2. The maximum absolute atomic E-state index is 11.1. The van der Waals surface area contributed by atoms with Gasteiger partial charge >= 0.3 is 0 Å². The summed E-state index contributed by atoms with van der Waals surface area (Å²) >= 11 is 0. The number of ketones is 1. The molecule has 0 saturated carbocycles. The van der Waals surface area contributed by atoms with Crippen LogP contribution in [0.5, 0.6) is 0 Å². The Kier molecular flexibility index (Phi) is 3.48. The molecule has 0 aromatic carbocycles. The van der Waals surface area contributed by atoms with E-state index in [-0.39, 0.29) is 18.4 Å². The van der Waals surface area contributed by atoms with Crippen LogP contribution >= 0.6 is 0 Å². The van der Waals surface area contributed by atoms with Crippen LogP contribution < -0.4 is 5.48 Å². The van der Waals surface area contributed by atoms with Gasteiger partial charge in [-0.15, -0.1) is 0 Å². The van der Waals surface area contributed by atoms with Crippen molar-refractivity contribution in [2.24, 2.45) is 0 Å². The lowest BCUT2D eigenvalue weighted by molar-refractivity contribution is -0.133. The monoisotopic (exact) mass is 159 g/mol. The average molecular weight is 159 g/mol. The first kappa shape index (κ1) is 8.64. The Hall–Kier alpha value is -0.450. The molecular formula is C7H13NO3. The Balaban J connectivity index is 2.27. The normalized spacial score (nSPS) is 25.0. The Labute approximate surface area is 65.5 Å². The highest BCUT2D eigenvalue weighted by Gasteiger charge is 2.20. The summed E-state index contributed by atoms with van der Waals surface area (Å²) in [6.07, 6.45) is 2.59. The summed E-state index contributed by atoms with van der Waals surface area (Å²) < 4.78 is 5.19. The number of hydrogen-bond acceptors (Lipinski definition) is 4. The van der Waals surface area contributed by atoms with E-state index >= 15 is 0 Å². The molecule has 1 rings (SSSR count). The minimum atomic E-state index is -0.289. The van der Waals surface area contributed by atoms with Gasteiger partial charge in [-0.3, -0.25) is 4.79 Å². The van der Waals surface area contributed by atoms with Crippen molar-refractivity contribution in [2.75, 3.05) is 13.2 Å². The number of Topliss-reactive ketones (excluding diaryl/α,β-unsaturated/α-hetero) is 1.